The van der Waals surface area contributed by atoms with Gasteiger partial charge >= 0.3 is 0 Å². The molecule has 2 heteroatoms. The van der Waals surface area contributed by atoms with Crippen molar-refractivity contribution in [3.63, 3.8) is 0 Å². The summed E-state index contributed by atoms with van der Waals surface area (Å²) in [6.45, 7) is 0. The van der Waals surface area contributed by atoms with Crippen LogP contribution in [0.1, 0.15) is 0 Å². The lowest BCUT2D eigenvalue weighted by Gasteiger charge is -2.14. The minimum absolute atomic E-state index is 1.16. The minimum atomic E-state index is 1.16. The third kappa shape index (κ3) is 3.79. The molecule has 2 aromatic heterocycles. The van der Waals surface area contributed by atoms with Crippen molar-refractivity contribution in [1.29, 1.82) is 0 Å². The second-order valence-corrected chi connectivity index (χ2v) is 13.3. The molecule has 2 heterocycles. The highest BCUT2D eigenvalue weighted by atomic mass is 15.0. The van der Waals surface area contributed by atoms with E-state index >= 15 is 0 Å². The van der Waals surface area contributed by atoms with Crippen molar-refractivity contribution in [1.82, 2.24) is 9.13 Å². The molecule has 0 saturated heterocycles. The van der Waals surface area contributed by atoms with Crippen LogP contribution in [0, 0.1) is 0 Å². The van der Waals surface area contributed by atoms with Gasteiger partial charge in [-0.05, 0) is 92.0 Å². The normalized spacial score (nSPS) is 12.0. The molecule has 0 bridgehead atoms. The van der Waals surface area contributed by atoms with Gasteiger partial charge in [0, 0.05) is 32.9 Å². The molecular formula is C48H30N2. The summed E-state index contributed by atoms with van der Waals surface area (Å²) < 4.78 is 4.91. The molecule has 11 aromatic rings. The molecule has 9 aromatic carbocycles. The van der Waals surface area contributed by atoms with Gasteiger partial charge < -0.3 is 9.13 Å². The maximum absolute atomic E-state index is 2.47. The van der Waals surface area contributed by atoms with Crippen molar-refractivity contribution >= 4 is 75.9 Å². The predicted molar refractivity (Wildman–Crippen MR) is 213 cm³/mol. The first-order chi connectivity index (χ1) is 24.8. The maximum atomic E-state index is 2.47. The Balaban J connectivity index is 1.23. The van der Waals surface area contributed by atoms with Gasteiger partial charge in [0.25, 0.3) is 0 Å². The summed E-state index contributed by atoms with van der Waals surface area (Å²) in [6, 6.07) is 66.7. The van der Waals surface area contributed by atoms with Crippen LogP contribution in [0.25, 0.3) is 98.4 Å². The van der Waals surface area contributed by atoms with Gasteiger partial charge in [-0.2, -0.15) is 0 Å². The van der Waals surface area contributed by atoms with E-state index < -0.39 is 0 Å². The van der Waals surface area contributed by atoms with E-state index in [4.69, 9.17) is 0 Å². The van der Waals surface area contributed by atoms with Crippen molar-refractivity contribution in [2.45, 2.75) is 0 Å². The van der Waals surface area contributed by atoms with E-state index in [2.05, 4.69) is 191 Å². The highest BCUT2D eigenvalue weighted by Crippen LogP contribution is 2.43. The van der Waals surface area contributed by atoms with E-state index in [0.29, 0.717) is 0 Å². The largest absolute Gasteiger partial charge is 0.309 e. The van der Waals surface area contributed by atoms with Crippen LogP contribution >= 0.6 is 0 Å². The Bertz CT molecular complexity index is 3110. The van der Waals surface area contributed by atoms with Gasteiger partial charge in [0.1, 0.15) is 0 Å². The maximum Gasteiger partial charge on any atom is 0.0548 e. The molecule has 2 nitrogen and oxygen atoms in total. The third-order valence-electron chi connectivity index (χ3n) is 10.7. The monoisotopic (exact) mass is 634 g/mol. The fourth-order valence-corrected chi connectivity index (χ4v) is 8.56. The summed E-state index contributed by atoms with van der Waals surface area (Å²) in [5.41, 5.74) is 9.60. The van der Waals surface area contributed by atoms with Gasteiger partial charge in [0.15, 0.2) is 0 Å². The van der Waals surface area contributed by atoms with E-state index in [-0.39, 0.29) is 0 Å². The van der Waals surface area contributed by atoms with Crippen molar-refractivity contribution in [2.75, 3.05) is 0 Å². The summed E-state index contributed by atoms with van der Waals surface area (Å²) in [5, 5.41) is 12.8. The molecule has 11 rings (SSSR count). The zero-order valence-electron chi connectivity index (χ0n) is 27.2. The first-order valence-corrected chi connectivity index (χ1v) is 17.3. The zero-order valence-corrected chi connectivity index (χ0v) is 27.2. The van der Waals surface area contributed by atoms with Crippen LogP contribution in [0.2, 0.25) is 0 Å². The number of fused-ring (bicyclic) bond motifs is 13. The van der Waals surface area contributed by atoms with Gasteiger partial charge in [-0.25, -0.2) is 0 Å². The second-order valence-electron chi connectivity index (χ2n) is 13.3. The Kier molecular flexibility index (Phi) is 5.70. The SMILES string of the molecule is c1ccc(-c2cccc(-n3c4ccccc4c4c5c6ccccc6n(-c6ccc7c8ccccc8c8ccccc8c7c6)c5ccc43)c2)cc1. The van der Waals surface area contributed by atoms with Crippen LogP contribution in [-0.2, 0) is 0 Å². The van der Waals surface area contributed by atoms with Crippen molar-refractivity contribution in [2.24, 2.45) is 0 Å². The first-order valence-electron chi connectivity index (χ1n) is 17.3. The van der Waals surface area contributed by atoms with E-state index in [1.807, 2.05) is 0 Å². The quantitative estimate of drug-likeness (QED) is 0.171. The van der Waals surface area contributed by atoms with E-state index in [1.165, 1.54) is 92.7 Å². The molecule has 0 atom stereocenters. The molecule has 0 unspecified atom stereocenters. The van der Waals surface area contributed by atoms with Crippen LogP contribution in [0.3, 0.4) is 0 Å². The molecule has 0 saturated carbocycles. The Morgan fingerprint density at radius 3 is 1.26 bits per heavy atom. The van der Waals surface area contributed by atoms with Crippen LogP contribution in [0.15, 0.2) is 182 Å². The summed E-state index contributed by atoms with van der Waals surface area (Å²) in [4.78, 5) is 0. The predicted octanol–water partition coefficient (Wildman–Crippen LogP) is 13.0. The second kappa shape index (κ2) is 10.4. The molecule has 0 radical (unpaired) electrons. The van der Waals surface area contributed by atoms with E-state index in [0.717, 1.165) is 5.69 Å². The zero-order chi connectivity index (χ0) is 32.8. The Morgan fingerprint density at radius 1 is 0.240 bits per heavy atom. The molecule has 232 valence electrons. The third-order valence-corrected chi connectivity index (χ3v) is 10.7. The van der Waals surface area contributed by atoms with Crippen LogP contribution < -0.4 is 0 Å². The van der Waals surface area contributed by atoms with Gasteiger partial charge in [-0.1, -0.05) is 133 Å². The minimum Gasteiger partial charge on any atom is -0.309 e. The number of para-hydroxylation sites is 2. The van der Waals surface area contributed by atoms with E-state index in [9.17, 15) is 0 Å². The summed E-state index contributed by atoms with van der Waals surface area (Å²) >= 11 is 0. The fourth-order valence-electron chi connectivity index (χ4n) is 8.56. The lowest BCUT2D eigenvalue weighted by atomic mass is 9.94. The molecule has 0 amide bonds. The highest BCUT2D eigenvalue weighted by Gasteiger charge is 2.21. The molecular weight excluding hydrogens is 605 g/mol. The van der Waals surface area contributed by atoms with Gasteiger partial charge in [0.2, 0.25) is 0 Å². The Hall–Kier alpha value is -6.64. The van der Waals surface area contributed by atoms with Crippen LogP contribution in [0.4, 0.5) is 0 Å². The smallest absolute Gasteiger partial charge is 0.0548 e. The fraction of sp³-hybridized carbons (Fsp3) is 0. The lowest BCUT2D eigenvalue weighted by Crippen LogP contribution is -1.95. The van der Waals surface area contributed by atoms with Crippen LogP contribution in [0.5, 0.6) is 0 Å². The average molecular weight is 635 g/mol. The first kappa shape index (κ1) is 27.3. The molecule has 0 fully saturated rings. The van der Waals surface area contributed by atoms with Gasteiger partial charge in [0.05, 0.1) is 22.1 Å². The topological polar surface area (TPSA) is 9.86 Å². The number of nitrogens with zero attached hydrogens (tertiary/aromatic N) is 2. The Morgan fingerprint density at radius 2 is 0.680 bits per heavy atom. The van der Waals surface area contributed by atoms with Crippen LogP contribution in [-0.4, -0.2) is 9.13 Å². The highest BCUT2D eigenvalue weighted by molar-refractivity contribution is 6.29. The standard InChI is InChI=1S/C48H30N2/c1-2-13-31(14-3-1)32-15-12-16-33(29-32)49-43-23-10-8-21-40(43)47-45(49)27-28-46-48(47)41-22-9-11-24-44(41)50(46)34-25-26-39-37-19-5-4-17-35(37)36-18-6-7-20-38(36)42(39)30-34/h1-30H. The number of hydrogen-bond acceptors (Lipinski definition) is 0. The van der Waals surface area contributed by atoms with Crippen molar-refractivity contribution in [3.05, 3.63) is 182 Å². The average Bonchev–Trinajstić information content (AvgIpc) is 3.71. The summed E-state index contributed by atoms with van der Waals surface area (Å²) in [5.74, 6) is 0. The number of hydrogen-bond donors (Lipinski definition) is 0. The molecule has 0 spiro atoms. The number of aromatic nitrogens is 2. The Labute approximate surface area is 288 Å². The number of benzene rings is 9. The molecule has 0 aliphatic rings. The van der Waals surface area contributed by atoms with E-state index in [1.54, 1.807) is 0 Å². The molecule has 0 aliphatic carbocycles. The van der Waals surface area contributed by atoms with Crippen molar-refractivity contribution in [3.8, 4) is 22.5 Å². The molecule has 0 N–H and O–H groups in total. The molecule has 0 aliphatic heterocycles. The van der Waals surface area contributed by atoms with Gasteiger partial charge in [-0.3, -0.25) is 0 Å². The summed E-state index contributed by atoms with van der Waals surface area (Å²) in [7, 11) is 0. The van der Waals surface area contributed by atoms with Gasteiger partial charge in [-0.15, -0.1) is 0 Å². The summed E-state index contributed by atoms with van der Waals surface area (Å²) in [6.07, 6.45) is 0. The molecule has 50 heavy (non-hydrogen) atoms. The van der Waals surface area contributed by atoms with Crippen molar-refractivity contribution < 1.29 is 0 Å². The lowest BCUT2D eigenvalue weighted by molar-refractivity contribution is 1.17. The number of rotatable bonds is 3.